The van der Waals surface area contributed by atoms with Gasteiger partial charge in [-0.15, -0.1) is 11.6 Å². The number of nitro groups is 1. The molecule has 0 fully saturated rings. The molecule has 0 saturated carbocycles. The molecule has 0 unspecified atom stereocenters. The summed E-state index contributed by atoms with van der Waals surface area (Å²) in [7, 11) is 0. The van der Waals surface area contributed by atoms with Gasteiger partial charge in [-0.05, 0) is 24.3 Å². The molecule has 1 aromatic carbocycles. The van der Waals surface area contributed by atoms with Crippen molar-refractivity contribution in [2.45, 2.75) is 5.88 Å². The first-order valence-electron chi connectivity index (χ1n) is 6.07. The predicted octanol–water partition coefficient (Wildman–Crippen LogP) is 4.30. The van der Waals surface area contributed by atoms with E-state index in [2.05, 4.69) is 4.98 Å². The summed E-state index contributed by atoms with van der Waals surface area (Å²) in [5.74, 6) is 0.258. The fourth-order valence-electron chi connectivity index (χ4n) is 2.17. The molecule has 2 heterocycles. The number of imidazole rings is 1. The van der Waals surface area contributed by atoms with Gasteiger partial charge in [0.15, 0.2) is 0 Å². The molecule has 3 rings (SSSR count). The Morgan fingerprint density at radius 3 is 2.52 bits per heavy atom. The Morgan fingerprint density at radius 1 is 1.19 bits per heavy atom. The number of fused-ring (bicyclic) bond motifs is 1. The molecule has 21 heavy (non-hydrogen) atoms. The highest BCUT2D eigenvalue weighted by Gasteiger charge is 2.14. The van der Waals surface area contributed by atoms with Crippen molar-refractivity contribution in [2.75, 3.05) is 0 Å². The van der Waals surface area contributed by atoms with Crippen molar-refractivity contribution >= 4 is 34.5 Å². The van der Waals surface area contributed by atoms with E-state index >= 15 is 0 Å². The molecule has 5 nitrogen and oxygen atoms in total. The van der Waals surface area contributed by atoms with E-state index in [9.17, 15) is 10.1 Å². The average molecular weight is 322 g/mol. The number of nitrogens with zero attached hydrogens (tertiary/aromatic N) is 3. The number of hydrogen-bond donors (Lipinski definition) is 0. The van der Waals surface area contributed by atoms with Crippen molar-refractivity contribution in [1.29, 1.82) is 0 Å². The van der Waals surface area contributed by atoms with E-state index in [1.165, 1.54) is 12.1 Å². The molecule has 3 aromatic rings. The maximum absolute atomic E-state index is 10.7. The number of benzene rings is 1. The monoisotopic (exact) mass is 321 g/mol. The molecule has 0 amide bonds. The first-order valence-corrected chi connectivity index (χ1v) is 6.98. The molecular weight excluding hydrogens is 313 g/mol. The van der Waals surface area contributed by atoms with Crippen LogP contribution < -0.4 is 0 Å². The second kappa shape index (κ2) is 5.35. The van der Waals surface area contributed by atoms with Crippen LogP contribution in [-0.2, 0) is 5.88 Å². The van der Waals surface area contributed by atoms with Crippen molar-refractivity contribution in [1.82, 2.24) is 9.38 Å². The molecule has 7 heteroatoms. The van der Waals surface area contributed by atoms with Crippen LogP contribution in [0.15, 0.2) is 42.6 Å². The van der Waals surface area contributed by atoms with Crippen LogP contribution in [0.4, 0.5) is 5.69 Å². The van der Waals surface area contributed by atoms with Crippen LogP contribution >= 0.6 is 23.2 Å². The first-order chi connectivity index (χ1) is 10.1. The molecular formula is C14H9Cl2N3O2. The SMILES string of the molecule is O=[N+]([O-])c1ccc(-c2nc3ccc(Cl)cn3c2CCl)cc1. The minimum absolute atomic E-state index is 0.0398. The van der Waals surface area contributed by atoms with Crippen molar-refractivity contribution in [3.05, 3.63) is 63.4 Å². The molecule has 2 aromatic heterocycles. The van der Waals surface area contributed by atoms with Gasteiger partial charge in [-0.2, -0.15) is 0 Å². The summed E-state index contributed by atoms with van der Waals surface area (Å²) < 4.78 is 1.83. The lowest BCUT2D eigenvalue weighted by atomic mass is 10.1. The van der Waals surface area contributed by atoms with Crippen molar-refractivity contribution in [3.63, 3.8) is 0 Å². The molecule has 106 valence electrons. The quantitative estimate of drug-likeness (QED) is 0.410. The molecule has 0 bridgehead atoms. The fraction of sp³-hybridized carbons (Fsp3) is 0.0714. The highest BCUT2D eigenvalue weighted by molar-refractivity contribution is 6.30. The predicted molar refractivity (Wildman–Crippen MR) is 81.8 cm³/mol. The fourth-order valence-corrected chi connectivity index (χ4v) is 2.58. The van der Waals surface area contributed by atoms with Crippen molar-refractivity contribution in [2.24, 2.45) is 0 Å². The summed E-state index contributed by atoms with van der Waals surface area (Å²) in [5.41, 5.74) is 3.03. The van der Waals surface area contributed by atoms with E-state index in [0.717, 1.165) is 16.9 Å². The van der Waals surface area contributed by atoms with Crippen LogP contribution in [0.3, 0.4) is 0 Å². The summed E-state index contributed by atoms with van der Waals surface area (Å²) in [4.78, 5) is 14.8. The number of nitro benzene ring substituents is 1. The lowest BCUT2D eigenvalue weighted by Gasteiger charge is -2.01. The van der Waals surface area contributed by atoms with E-state index in [0.29, 0.717) is 10.7 Å². The zero-order chi connectivity index (χ0) is 15.0. The smallest absolute Gasteiger partial charge is 0.269 e. The first kappa shape index (κ1) is 13.9. The van der Waals surface area contributed by atoms with Gasteiger partial charge in [0.1, 0.15) is 5.65 Å². The highest BCUT2D eigenvalue weighted by Crippen LogP contribution is 2.28. The number of alkyl halides is 1. The molecule has 0 aliphatic rings. The van der Waals surface area contributed by atoms with Gasteiger partial charge in [-0.25, -0.2) is 4.98 Å². The normalized spacial score (nSPS) is 11.0. The standard InChI is InChI=1S/C14H9Cl2N3O2/c15-7-12-14(9-1-4-11(5-2-9)19(20)21)17-13-6-3-10(16)8-18(12)13/h1-6,8H,7H2. The number of pyridine rings is 1. The van der Waals surface area contributed by atoms with Crippen molar-refractivity contribution < 1.29 is 4.92 Å². The molecule has 0 saturated heterocycles. The third-order valence-corrected chi connectivity index (χ3v) is 3.64. The van der Waals surface area contributed by atoms with Crippen LogP contribution in [0.5, 0.6) is 0 Å². The summed E-state index contributed by atoms with van der Waals surface area (Å²) in [5, 5.41) is 11.3. The zero-order valence-electron chi connectivity index (χ0n) is 10.7. The molecule has 0 spiro atoms. The van der Waals surface area contributed by atoms with Gasteiger partial charge >= 0.3 is 0 Å². The Bertz CT molecular complexity index is 828. The van der Waals surface area contributed by atoms with E-state index < -0.39 is 4.92 Å². The van der Waals surface area contributed by atoms with Gasteiger partial charge in [0.2, 0.25) is 0 Å². The number of halogens is 2. The molecule has 0 radical (unpaired) electrons. The van der Waals surface area contributed by atoms with Gasteiger partial charge in [0.25, 0.3) is 5.69 Å². The summed E-state index contributed by atoms with van der Waals surface area (Å²) in [6, 6.07) is 9.78. The Morgan fingerprint density at radius 2 is 1.90 bits per heavy atom. The van der Waals surface area contributed by atoms with E-state index in [1.807, 2.05) is 4.40 Å². The van der Waals surface area contributed by atoms with E-state index in [4.69, 9.17) is 23.2 Å². The minimum Gasteiger partial charge on any atom is -0.301 e. The Kier molecular flexibility index (Phi) is 3.53. The van der Waals surface area contributed by atoms with Gasteiger partial charge in [0, 0.05) is 23.9 Å². The van der Waals surface area contributed by atoms with Crippen LogP contribution in [0, 0.1) is 10.1 Å². The number of hydrogen-bond acceptors (Lipinski definition) is 3. The second-order valence-corrected chi connectivity index (χ2v) is 5.12. The largest absolute Gasteiger partial charge is 0.301 e. The summed E-state index contributed by atoms with van der Waals surface area (Å²) in [6.45, 7) is 0. The van der Waals surface area contributed by atoms with Gasteiger partial charge in [-0.3, -0.25) is 10.1 Å². The Balaban J connectivity index is 2.17. The lowest BCUT2D eigenvalue weighted by molar-refractivity contribution is -0.384. The zero-order valence-corrected chi connectivity index (χ0v) is 12.2. The van der Waals surface area contributed by atoms with Crippen LogP contribution in [0.2, 0.25) is 5.02 Å². The van der Waals surface area contributed by atoms with Gasteiger partial charge in [-0.1, -0.05) is 11.6 Å². The molecule has 0 N–H and O–H groups in total. The second-order valence-electron chi connectivity index (χ2n) is 4.42. The highest BCUT2D eigenvalue weighted by atomic mass is 35.5. The Labute approximate surface area is 129 Å². The van der Waals surface area contributed by atoms with Gasteiger partial charge < -0.3 is 4.40 Å². The molecule has 0 aliphatic carbocycles. The topological polar surface area (TPSA) is 60.4 Å². The Hall–Kier alpha value is -2.11. The number of non-ortho nitro benzene ring substituents is 1. The van der Waals surface area contributed by atoms with Crippen LogP contribution in [0.1, 0.15) is 5.69 Å². The van der Waals surface area contributed by atoms with E-state index in [-0.39, 0.29) is 11.6 Å². The van der Waals surface area contributed by atoms with Crippen molar-refractivity contribution in [3.8, 4) is 11.3 Å². The summed E-state index contributed by atoms with van der Waals surface area (Å²) in [6.07, 6.45) is 1.75. The maximum atomic E-state index is 10.7. The van der Waals surface area contributed by atoms with Crippen LogP contribution in [0.25, 0.3) is 16.9 Å². The average Bonchev–Trinajstić information content (AvgIpc) is 2.85. The van der Waals surface area contributed by atoms with Crippen LogP contribution in [-0.4, -0.2) is 14.3 Å². The van der Waals surface area contributed by atoms with E-state index in [1.54, 1.807) is 30.5 Å². The lowest BCUT2D eigenvalue weighted by Crippen LogP contribution is -1.92. The third kappa shape index (κ3) is 2.46. The summed E-state index contributed by atoms with van der Waals surface area (Å²) >= 11 is 12.0. The number of aromatic nitrogens is 2. The third-order valence-electron chi connectivity index (χ3n) is 3.16. The molecule has 0 aliphatic heterocycles. The minimum atomic E-state index is -0.435. The number of rotatable bonds is 3. The maximum Gasteiger partial charge on any atom is 0.269 e. The van der Waals surface area contributed by atoms with Gasteiger partial charge in [0.05, 0.1) is 27.2 Å². The molecule has 0 atom stereocenters.